The molecular weight excluding hydrogens is 352 g/mol. The van der Waals surface area contributed by atoms with Gasteiger partial charge in [0.1, 0.15) is 0 Å². The Morgan fingerprint density at radius 3 is 2.81 bits per heavy atom. The molecule has 2 saturated heterocycles. The van der Waals surface area contributed by atoms with Gasteiger partial charge in [0, 0.05) is 49.9 Å². The Balaban J connectivity index is 1.34. The van der Waals surface area contributed by atoms with Crippen LogP contribution in [0.4, 0.5) is 0 Å². The normalized spacial score (nSPS) is 23.4. The molecule has 0 spiro atoms. The molecule has 1 aromatic heterocycles. The Morgan fingerprint density at radius 2 is 2.08 bits per heavy atom. The quantitative estimate of drug-likeness (QED) is 0.798. The zero-order valence-electron chi connectivity index (χ0n) is 15.1. The number of hydrogen-bond donors (Lipinski definition) is 0. The maximum atomic E-state index is 6.05. The third kappa shape index (κ3) is 4.09. The molecule has 0 bridgehead atoms. The molecule has 3 heterocycles. The summed E-state index contributed by atoms with van der Waals surface area (Å²) in [7, 11) is 0. The zero-order chi connectivity index (χ0) is 17.9. The van der Waals surface area contributed by atoms with E-state index in [-0.39, 0.29) is 6.04 Å². The van der Waals surface area contributed by atoms with E-state index in [4.69, 9.17) is 20.8 Å². The minimum absolute atomic E-state index is 0.111. The van der Waals surface area contributed by atoms with Crippen molar-refractivity contribution in [3.8, 4) is 11.5 Å². The smallest absolute Gasteiger partial charge is 0.247 e. The Morgan fingerprint density at radius 1 is 1.23 bits per heavy atom. The van der Waals surface area contributed by atoms with Crippen molar-refractivity contribution in [3.63, 3.8) is 0 Å². The largest absolute Gasteiger partial charge is 0.419 e. The van der Waals surface area contributed by atoms with Crippen molar-refractivity contribution in [1.82, 2.24) is 20.0 Å². The first-order chi connectivity index (χ1) is 12.7. The lowest BCUT2D eigenvalue weighted by Crippen LogP contribution is -2.49. The number of aromatic nitrogens is 2. The summed E-state index contributed by atoms with van der Waals surface area (Å²) >= 11 is 6.05. The fraction of sp³-hybridized carbons (Fsp3) is 0.579. The predicted molar refractivity (Wildman–Crippen MR) is 100 cm³/mol. The fourth-order valence-electron chi connectivity index (χ4n) is 3.71. The highest BCUT2D eigenvalue weighted by Crippen LogP contribution is 2.26. The van der Waals surface area contributed by atoms with Crippen LogP contribution in [0.15, 0.2) is 28.7 Å². The topological polar surface area (TPSA) is 54.6 Å². The van der Waals surface area contributed by atoms with Crippen LogP contribution in [-0.2, 0) is 4.74 Å². The van der Waals surface area contributed by atoms with Crippen molar-refractivity contribution in [3.05, 3.63) is 35.2 Å². The Hall–Kier alpha value is -1.47. The molecule has 26 heavy (non-hydrogen) atoms. The minimum atomic E-state index is 0.111. The maximum absolute atomic E-state index is 6.05. The number of piperazine rings is 1. The van der Waals surface area contributed by atoms with E-state index in [1.54, 1.807) is 0 Å². The van der Waals surface area contributed by atoms with Gasteiger partial charge >= 0.3 is 0 Å². The first-order valence-electron chi connectivity index (χ1n) is 9.36. The van der Waals surface area contributed by atoms with Crippen LogP contribution in [-0.4, -0.2) is 65.4 Å². The van der Waals surface area contributed by atoms with Gasteiger partial charge in [0.15, 0.2) is 0 Å². The van der Waals surface area contributed by atoms with Crippen molar-refractivity contribution >= 4 is 11.6 Å². The van der Waals surface area contributed by atoms with Gasteiger partial charge in [-0.1, -0.05) is 17.7 Å². The third-order valence-electron chi connectivity index (χ3n) is 5.31. The highest BCUT2D eigenvalue weighted by atomic mass is 35.5. The van der Waals surface area contributed by atoms with Gasteiger partial charge in [-0.05, 0) is 38.0 Å². The van der Waals surface area contributed by atoms with Crippen LogP contribution in [0.5, 0.6) is 0 Å². The van der Waals surface area contributed by atoms with E-state index in [0.29, 0.717) is 22.9 Å². The van der Waals surface area contributed by atoms with Gasteiger partial charge in [-0.15, -0.1) is 10.2 Å². The van der Waals surface area contributed by atoms with Gasteiger partial charge in [0.2, 0.25) is 11.8 Å². The van der Waals surface area contributed by atoms with E-state index < -0.39 is 0 Å². The van der Waals surface area contributed by atoms with Gasteiger partial charge in [0.05, 0.1) is 12.1 Å². The summed E-state index contributed by atoms with van der Waals surface area (Å²) < 4.78 is 11.7. The summed E-state index contributed by atoms with van der Waals surface area (Å²) in [6.45, 7) is 8.23. The van der Waals surface area contributed by atoms with Crippen LogP contribution in [0.3, 0.4) is 0 Å². The van der Waals surface area contributed by atoms with Crippen LogP contribution in [0, 0.1) is 0 Å². The van der Waals surface area contributed by atoms with E-state index in [2.05, 4.69) is 26.9 Å². The molecule has 2 fully saturated rings. The predicted octanol–water partition coefficient (Wildman–Crippen LogP) is 3.25. The molecule has 2 aromatic rings. The average molecular weight is 377 g/mol. The first kappa shape index (κ1) is 17.9. The van der Waals surface area contributed by atoms with Crippen LogP contribution in [0.2, 0.25) is 5.02 Å². The van der Waals surface area contributed by atoms with E-state index >= 15 is 0 Å². The molecule has 2 aliphatic heterocycles. The molecule has 2 atom stereocenters. The summed E-state index contributed by atoms with van der Waals surface area (Å²) in [5.41, 5.74) is 0.852. The molecule has 0 radical (unpaired) electrons. The third-order valence-corrected chi connectivity index (χ3v) is 5.55. The number of ether oxygens (including phenoxy) is 1. The summed E-state index contributed by atoms with van der Waals surface area (Å²) in [5.74, 6) is 1.18. The van der Waals surface area contributed by atoms with Gasteiger partial charge in [-0.25, -0.2) is 0 Å². The van der Waals surface area contributed by atoms with Crippen molar-refractivity contribution in [2.45, 2.75) is 31.9 Å². The number of hydrogen-bond acceptors (Lipinski definition) is 6. The van der Waals surface area contributed by atoms with Crippen molar-refractivity contribution in [2.24, 2.45) is 0 Å². The first-order valence-corrected chi connectivity index (χ1v) is 9.74. The van der Waals surface area contributed by atoms with Gasteiger partial charge in [-0.3, -0.25) is 9.80 Å². The lowest BCUT2D eigenvalue weighted by Gasteiger charge is -2.37. The zero-order valence-corrected chi connectivity index (χ0v) is 15.9. The Labute approximate surface area is 159 Å². The highest BCUT2D eigenvalue weighted by molar-refractivity contribution is 6.30. The summed E-state index contributed by atoms with van der Waals surface area (Å²) in [5, 5.41) is 9.13. The van der Waals surface area contributed by atoms with Crippen molar-refractivity contribution < 1.29 is 9.15 Å². The summed E-state index contributed by atoms with van der Waals surface area (Å²) in [4.78, 5) is 4.91. The molecule has 2 aliphatic rings. The molecule has 0 saturated carbocycles. The van der Waals surface area contributed by atoms with E-state index in [1.807, 2.05) is 24.3 Å². The van der Waals surface area contributed by atoms with Gasteiger partial charge < -0.3 is 9.15 Å². The fourth-order valence-corrected chi connectivity index (χ4v) is 3.90. The molecule has 0 amide bonds. The number of halogens is 1. The second-order valence-electron chi connectivity index (χ2n) is 7.10. The van der Waals surface area contributed by atoms with Gasteiger partial charge in [-0.2, -0.15) is 0 Å². The summed E-state index contributed by atoms with van der Waals surface area (Å²) in [6.07, 6.45) is 2.83. The second-order valence-corrected chi connectivity index (χ2v) is 7.54. The Bertz CT molecular complexity index is 724. The van der Waals surface area contributed by atoms with Crippen LogP contribution < -0.4 is 0 Å². The summed E-state index contributed by atoms with van der Waals surface area (Å²) in [6, 6.07) is 7.60. The van der Waals surface area contributed by atoms with E-state index in [9.17, 15) is 0 Å². The monoisotopic (exact) mass is 376 g/mol. The lowest BCUT2D eigenvalue weighted by atomic mass is 10.2. The maximum Gasteiger partial charge on any atom is 0.247 e. The minimum Gasteiger partial charge on any atom is -0.419 e. The van der Waals surface area contributed by atoms with Crippen molar-refractivity contribution in [2.75, 3.05) is 39.3 Å². The number of benzene rings is 1. The number of nitrogens with zero attached hydrogens (tertiary/aromatic N) is 4. The SMILES string of the molecule is CC(c1nnc(-c2cccc(Cl)c2)o1)N1CCN(CC2CCCO2)CC1. The average Bonchev–Trinajstić information content (AvgIpc) is 3.34. The molecule has 0 N–H and O–H groups in total. The molecule has 140 valence electrons. The van der Waals surface area contributed by atoms with Crippen LogP contribution in [0.1, 0.15) is 31.7 Å². The second kappa shape index (κ2) is 8.05. The standard InChI is InChI=1S/C19H25ClN4O2/c1-14(18-21-22-19(26-18)15-4-2-5-16(20)12-15)24-9-7-23(8-10-24)13-17-6-3-11-25-17/h2,4-5,12,14,17H,3,6-11,13H2,1H3. The van der Waals surface area contributed by atoms with Crippen LogP contribution >= 0.6 is 11.6 Å². The molecule has 0 aliphatic carbocycles. The van der Waals surface area contributed by atoms with Crippen LogP contribution in [0.25, 0.3) is 11.5 Å². The van der Waals surface area contributed by atoms with E-state index in [1.165, 1.54) is 12.8 Å². The molecule has 7 heteroatoms. The molecule has 4 rings (SSSR count). The van der Waals surface area contributed by atoms with Gasteiger partial charge in [0.25, 0.3) is 0 Å². The molecule has 6 nitrogen and oxygen atoms in total. The van der Waals surface area contributed by atoms with Crippen molar-refractivity contribution in [1.29, 1.82) is 0 Å². The molecule has 2 unspecified atom stereocenters. The van der Waals surface area contributed by atoms with E-state index in [0.717, 1.165) is 44.9 Å². The lowest BCUT2D eigenvalue weighted by molar-refractivity contribution is 0.0388. The highest BCUT2D eigenvalue weighted by Gasteiger charge is 2.27. The molecule has 1 aromatic carbocycles. The molecular formula is C19H25ClN4O2. The number of rotatable bonds is 5. The Kier molecular flexibility index (Phi) is 5.55.